The summed E-state index contributed by atoms with van der Waals surface area (Å²) in [7, 11) is 4.11. The molecular formula is C16H24ClNO. The minimum Gasteiger partial charge on any atom is -0.389 e. The molecule has 0 radical (unpaired) electrons. The van der Waals surface area contributed by atoms with Crippen LogP contribution >= 0.6 is 11.6 Å². The molecule has 1 aliphatic rings. The highest BCUT2D eigenvalue weighted by Gasteiger charge is 2.41. The number of hydrogen-bond acceptors (Lipinski definition) is 2. The maximum absolute atomic E-state index is 11.1. The molecule has 0 heterocycles. The maximum atomic E-state index is 11.1. The van der Waals surface area contributed by atoms with Crippen LogP contribution in [0.5, 0.6) is 0 Å². The van der Waals surface area contributed by atoms with Crippen LogP contribution in [0.25, 0.3) is 0 Å². The van der Waals surface area contributed by atoms with Crippen LogP contribution in [0.2, 0.25) is 0 Å². The monoisotopic (exact) mass is 281 g/mol. The molecule has 0 aliphatic heterocycles. The van der Waals surface area contributed by atoms with Gasteiger partial charge in [0.2, 0.25) is 0 Å². The van der Waals surface area contributed by atoms with E-state index in [9.17, 15) is 5.11 Å². The van der Waals surface area contributed by atoms with Gasteiger partial charge in [-0.3, -0.25) is 0 Å². The van der Waals surface area contributed by atoms with Crippen molar-refractivity contribution in [3.8, 4) is 0 Å². The molecule has 0 amide bonds. The summed E-state index contributed by atoms with van der Waals surface area (Å²) in [6, 6.07) is 10.3. The highest BCUT2D eigenvalue weighted by Crippen LogP contribution is 2.38. The first-order chi connectivity index (χ1) is 8.99. The lowest BCUT2D eigenvalue weighted by molar-refractivity contribution is -0.0542. The van der Waals surface area contributed by atoms with Crippen molar-refractivity contribution in [3.63, 3.8) is 0 Å². The van der Waals surface area contributed by atoms with E-state index in [4.69, 9.17) is 11.6 Å². The van der Waals surface area contributed by atoms with E-state index >= 15 is 0 Å². The van der Waals surface area contributed by atoms with Gasteiger partial charge in [-0.05, 0) is 38.9 Å². The van der Waals surface area contributed by atoms with Crippen LogP contribution in [0.1, 0.15) is 24.8 Å². The van der Waals surface area contributed by atoms with E-state index in [0.29, 0.717) is 0 Å². The molecule has 19 heavy (non-hydrogen) atoms. The second-order valence-electron chi connectivity index (χ2n) is 6.10. The molecule has 106 valence electrons. The molecule has 2 unspecified atom stereocenters. The Balaban J connectivity index is 2.13. The molecule has 2 rings (SSSR count). The van der Waals surface area contributed by atoms with Gasteiger partial charge in [-0.15, -0.1) is 11.6 Å². The third-order valence-corrected chi connectivity index (χ3v) is 4.53. The predicted octanol–water partition coefficient (Wildman–Crippen LogP) is 2.93. The lowest BCUT2D eigenvalue weighted by Gasteiger charge is -2.43. The molecule has 3 heteroatoms. The van der Waals surface area contributed by atoms with Crippen LogP contribution in [-0.2, 0) is 6.42 Å². The Labute approximate surface area is 121 Å². The number of nitrogens with zero attached hydrogens (tertiary/aromatic N) is 1. The van der Waals surface area contributed by atoms with Crippen molar-refractivity contribution >= 4 is 11.6 Å². The second-order valence-corrected chi connectivity index (χ2v) is 6.71. The van der Waals surface area contributed by atoms with Crippen LogP contribution in [-0.4, -0.2) is 41.6 Å². The van der Waals surface area contributed by atoms with Crippen molar-refractivity contribution in [1.29, 1.82) is 0 Å². The van der Waals surface area contributed by atoms with Crippen molar-refractivity contribution in [2.75, 3.05) is 20.6 Å². The van der Waals surface area contributed by atoms with Gasteiger partial charge in [0.05, 0.1) is 5.60 Å². The Morgan fingerprint density at radius 1 is 1.32 bits per heavy atom. The van der Waals surface area contributed by atoms with Crippen LogP contribution in [0, 0.1) is 5.92 Å². The fraction of sp³-hybridized carbons (Fsp3) is 0.625. The molecule has 1 N–H and O–H groups in total. The normalized spacial score (nSPS) is 31.6. The highest BCUT2D eigenvalue weighted by molar-refractivity contribution is 6.20. The summed E-state index contributed by atoms with van der Waals surface area (Å²) < 4.78 is 0. The summed E-state index contributed by atoms with van der Waals surface area (Å²) in [6.45, 7) is 0.895. The summed E-state index contributed by atoms with van der Waals surface area (Å²) in [4.78, 5) is 2.15. The number of benzene rings is 1. The van der Waals surface area contributed by atoms with Gasteiger partial charge < -0.3 is 10.0 Å². The van der Waals surface area contributed by atoms with Crippen LogP contribution in [0.15, 0.2) is 30.3 Å². The molecule has 0 saturated heterocycles. The highest BCUT2D eigenvalue weighted by atomic mass is 35.5. The van der Waals surface area contributed by atoms with E-state index in [1.54, 1.807) is 0 Å². The van der Waals surface area contributed by atoms with Crippen molar-refractivity contribution in [2.45, 2.75) is 36.7 Å². The van der Waals surface area contributed by atoms with Crippen LogP contribution < -0.4 is 0 Å². The topological polar surface area (TPSA) is 23.5 Å². The fourth-order valence-corrected chi connectivity index (χ4v) is 3.45. The third kappa shape index (κ3) is 3.95. The zero-order chi connectivity index (χ0) is 13.9. The smallest absolute Gasteiger partial charge is 0.0729 e. The lowest BCUT2D eigenvalue weighted by Crippen LogP contribution is -2.49. The SMILES string of the molecule is CN(C)CC1C[C@@H](Cl)CCC1(O)Cc1ccccc1. The quantitative estimate of drug-likeness (QED) is 0.858. The third-order valence-electron chi connectivity index (χ3n) is 4.13. The van der Waals surface area contributed by atoms with Crippen molar-refractivity contribution < 1.29 is 5.11 Å². The van der Waals surface area contributed by atoms with E-state index in [1.807, 2.05) is 18.2 Å². The standard InChI is InChI=1S/C16H24ClNO/c1-18(2)12-14-10-15(17)8-9-16(14,19)11-13-6-4-3-5-7-13/h3-7,14-15,19H,8-12H2,1-2H3/t14?,15-,16?/m0/s1. The molecule has 1 aliphatic carbocycles. The molecule has 1 aromatic carbocycles. The van der Waals surface area contributed by atoms with E-state index in [0.717, 1.165) is 32.2 Å². The minimum atomic E-state index is -0.614. The average molecular weight is 282 g/mol. The summed E-state index contributed by atoms with van der Waals surface area (Å²) in [5.41, 5.74) is 0.596. The number of hydrogen-bond donors (Lipinski definition) is 1. The van der Waals surface area contributed by atoms with E-state index in [1.165, 1.54) is 5.56 Å². The fourth-order valence-electron chi connectivity index (χ4n) is 3.12. The minimum absolute atomic E-state index is 0.209. The molecule has 1 saturated carbocycles. The number of alkyl halides is 1. The number of rotatable bonds is 4. The molecule has 1 aromatic rings. The zero-order valence-corrected chi connectivity index (χ0v) is 12.6. The molecule has 1 fully saturated rings. The summed E-state index contributed by atoms with van der Waals surface area (Å²) in [5, 5.41) is 11.3. The second kappa shape index (κ2) is 6.25. The largest absolute Gasteiger partial charge is 0.389 e. The molecular weight excluding hydrogens is 258 g/mol. The van der Waals surface area contributed by atoms with Gasteiger partial charge in [-0.2, -0.15) is 0 Å². The Bertz CT molecular complexity index is 393. The van der Waals surface area contributed by atoms with Gasteiger partial charge in [-0.1, -0.05) is 30.3 Å². The average Bonchev–Trinajstić information content (AvgIpc) is 2.35. The maximum Gasteiger partial charge on any atom is 0.0729 e. The molecule has 0 bridgehead atoms. The Morgan fingerprint density at radius 2 is 2.00 bits per heavy atom. The van der Waals surface area contributed by atoms with Gasteiger partial charge in [0.15, 0.2) is 0 Å². The molecule has 0 aromatic heterocycles. The van der Waals surface area contributed by atoms with Crippen molar-refractivity contribution in [1.82, 2.24) is 4.90 Å². The van der Waals surface area contributed by atoms with Crippen molar-refractivity contribution in [2.24, 2.45) is 5.92 Å². The Hall–Kier alpha value is -0.570. The first-order valence-corrected chi connectivity index (χ1v) is 7.48. The predicted molar refractivity (Wildman–Crippen MR) is 80.6 cm³/mol. The van der Waals surface area contributed by atoms with E-state index < -0.39 is 5.60 Å². The van der Waals surface area contributed by atoms with Gasteiger partial charge >= 0.3 is 0 Å². The summed E-state index contributed by atoms with van der Waals surface area (Å²) >= 11 is 6.30. The molecule has 2 nitrogen and oxygen atoms in total. The first-order valence-electron chi connectivity index (χ1n) is 7.05. The van der Waals surface area contributed by atoms with E-state index in [-0.39, 0.29) is 11.3 Å². The van der Waals surface area contributed by atoms with Gasteiger partial charge in [0.25, 0.3) is 0 Å². The summed E-state index contributed by atoms with van der Waals surface area (Å²) in [6.07, 6.45) is 3.35. The van der Waals surface area contributed by atoms with E-state index in [2.05, 4.69) is 31.1 Å². The Morgan fingerprint density at radius 3 is 2.63 bits per heavy atom. The van der Waals surface area contributed by atoms with Crippen LogP contribution in [0.4, 0.5) is 0 Å². The van der Waals surface area contributed by atoms with Crippen molar-refractivity contribution in [3.05, 3.63) is 35.9 Å². The Kier molecular flexibility index (Phi) is 4.88. The number of aliphatic hydroxyl groups is 1. The molecule has 3 atom stereocenters. The van der Waals surface area contributed by atoms with Gasteiger partial charge in [0, 0.05) is 24.3 Å². The zero-order valence-electron chi connectivity index (χ0n) is 11.8. The van der Waals surface area contributed by atoms with Gasteiger partial charge in [0.1, 0.15) is 0 Å². The van der Waals surface area contributed by atoms with Crippen LogP contribution in [0.3, 0.4) is 0 Å². The number of halogens is 1. The molecule has 0 spiro atoms. The summed E-state index contributed by atoms with van der Waals surface area (Å²) in [5.74, 6) is 0.249. The van der Waals surface area contributed by atoms with Gasteiger partial charge in [-0.25, -0.2) is 0 Å². The lowest BCUT2D eigenvalue weighted by atomic mass is 9.72. The first kappa shape index (κ1) is 14.8.